The zero-order chi connectivity index (χ0) is 24.7. The average Bonchev–Trinajstić information content (AvgIpc) is 3.11. The largest absolute Gasteiger partial charge is 0.354 e. The highest BCUT2D eigenvalue weighted by molar-refractivity contribution is 5.31. The van der Waals surface area contributed by atoms with E-state index in [1.807, 2.05) is 31.2 Å². The number of hydrogen-bond acceptors (Lipinski definition) is 3. The van der Waals surface area contributed by atoms with Crippen LogP contribution in [0.25, 0.3) is 5.69 Å². The van der Waals surface area contributed by atoms with Crippen LogP contribution < -0.4 is 11.4 Å². The SMILES string of the molecule is CC1=CCn2c(=O)n(-c3ccccc3)c(=O)n2[C@H]1O[C@H]1C[C@@H](C)CC[C@@H]1C(C)(C)c1ccccc1. The van der Waals surface area contributed by atoms with Gasteiger partial charge in [-0.25, -0.2) is 18.8 Å². The molecular weight excluding hydrogens is 438 g/mol. The molecule has 6 heteroatoms. The Balaban J connectivity index is 1.54. The zero-order valence-electron chi connectivity index (χ0n) is 21.1. The number of rotatable bonds is 5. The Morgan fingerprint density at radius 3 is 2.26 bits per heavy atom. The van der Waals surface area contributed by atoms with Crippen molar-refractivity contribution in [3.05, 3.63) is 98.8 Å². The standard InChI is InChI=1S/C29H35N3O3/c1-20-15-16-24(29(3,4)22-11-7-5-8-12-22)25(19-20)35-26-21(2)17-18-30-27(33)31(28(34)32(26)30)23-13-9-6-10-14-23/h5-14,17,20,24-26H,15-16,18-19H2,1-4H3/t20-,24-,25-,26-/m0/s1. The Hall–Kier alpha value is -3.12. The molecule has 2 heterocycles. The molecule has 1 aliphatic carbocycles. The van der Waals surface area contributed by atoms with E-state index in [0.717, 1.165) is 24.8 Å². The summed E-state index contributed by atoms with van der Waals surface area (Å²) in [6.07, 6.45) is 4.54. The lowest BCUT2D eigenvalue weighted by Crippen LogP contribution is -2.45. The smallest absolute Gasteiger partial charge is 0.349 e. The highest BCUT2D eigenvalue weighted by atomic mass is 16.5. The van der Waals surface area contributed by atoms with Crippen LogP contribution >= 0.6 is 0 Å². The lowest BCUT2D eigenvalue weighted by Gasteiger charge is -2.45. The molecule has 0 N–H and O–H groups in total. The molecule has 35 heavy (non-hydrogen) atoms. The van der Waals surface area contributed by atoms with Crippen LogP contribution in [-0.2, 0) is 16.7 Å². The van der Waals surface area contributed by atoms with E-state index in [1.165, 1.54) is 19.5 Å². The number of benzene rings is 2. The van der Waals surface area contributed by atoms with Crippen molar-refractivity contribution < 1.29 is 4.74 Å². The first kappa shape index (κ1) is 23.6. The van der Waals surface area contributed by atoms with Crippen LogP contribution in [0.2, 0.25) is 0 Å². The van der Waals surface area contributed by atoms with Crippen molar-refractivity contribution in [3.8, 4) is 5.69 Å². The summed E-state index contributed by atoms with van der Waals surface area (Å²) < 4.78 is 11.2. The van der Waals surface area contributed by atoms with Gasteiger partial charge in [-0.2, -0.15) is 4.68 Å². The molecule has 0 spiro atoms. The third-order valence-corrected chi connectivity index (χ3v) is 8.07. The van der Waals surface area contributed by atoms with Crippen molar-refractivity contribution in [2.24, 2.45) is 11.8 Å². The van der Waals surface area contributed by atoms with E-state index in [9.17, 15) is 9.59 Å². The number of aromatic nitrogens is 3. The Labute approximate surface area is 206 Å². The van der Waals surface area contributed by atoms with Crippen LogP contribution in [0.15, 0.2) is 81.9 Å². The second-order valence-electron chi connectivity index (χ2n) is 10.8. The second-order valence-corrected chi connectivity index (χ2v) is 10.8. The van der Waals surface area contributed by atoms with Gasteiger partial charge in [-0.1, -0.05) is 81.8 Å². The van der Waals surface area contributed by atoms with Gasteiger partial charge in [0.1, 0.15) is 0 Å². The monoisotopic (exact) mass is 473 g/mol. The molecule has 1 saturated carbocycles. The van der Waals surface area contributed by atoms with Crippen molar-refractivity contribution in [2.75, 3.05) is 0 Å². The summed E-state index contributed by atoms with van der Waals surface area (Å²) in [6, 6.07) is 19.7. The summed E-state index contributed by atoms with van der Waals surface area (Å²) >= 11 is 0. The first-order valence-corrected chi connectivity index (χ1v) is 12.7. The minimum Gasteiger partial charge on any atom is -0.349 e. The summed E-state index contributed by atoms with van der Waals surface area (Å²) in [6.45, 7) is 9.24. The lowest BCUT2D eigenvalue weighted by atomic mass is 9.64. The van der Waals surface area contributed by atoms with Crippen LogP contribution in [0.4, 0.5) is 0 Å². The summed E-state index contributed by atoms with van der Waals surface area (Å²) in [5, 5.41) is 0. The Morgan fingerprint density at radius 2 is 1.57 bits per heavy atom. The van der Waals surface area contributed by atoms with Gasteiger partial charge in [0.15, 0.2) is 6.23 Å². The second kappa shape index (κ2) is 9.15. The molecule has 3 aromatic rings. The fourth-order valence-electron chi connectivity index (χ4n) is 5.93. The average molecular weight is 474 g/mol. The maximum Gasteiger partial charge on any atom is 0.354 e. The Kier molecular flexibility index (Phi) is 6.18. The minimum atomic E-state index is -0.599. The topological polar surface area (TPSA) is 58.2 Å². The van der Waals surface area contributed by atoms with Gasteiger partial charge in [-0.05, 0) is 60.3 Å². The van der Waals surface area contributed by atoms with E-state index >= 15 is 0 Å². The number of nitrogens with zero attached hydrogens (tertiary/aromatic N) is 3. The van der Waals surface area contributed by atoms with Gasteiger partial charge >= 0.3 is 11.4 Å². The third-order valence-electron chi connectivity index (χ3n) is 8.07. The van der Waals surface area contributed by atoms with Crippen LogP contribution in [0.1, 0.15) is 58.7 Å². The molecule has 5 rings (SSSR count). The van der Waals surface area contributed by atoms with E-state index in [1.54, 1.807) is 12.1 Å². The minimum absolute atomic E-state index is 0.0315. The van der Waals surface area contributed by atoms with Gasteiger partial charge in [0.05, 0.1) is 18.3 Å². The number of hydrogen-bond donors (Lipinski definition) is 0. The number of allylic oxidation sites excluding steroid dienone is 1. The van der Waals surface area contributed by atoms with Gasteiger partial charge in [0.25, 0.3) is 0 Å². The van der Waals surface area contributed by atoms with Gasteiger partial charge in [0.2, 0.25) is 0 Å². The molecule has 0 bridgehead atoms. The maximum atomic E-state index is 13.6. The molecule has 2 aromatic carbocycles. The van der Waals surface area contributed by atoms with E-state index in [0.29, 0.717) is 24.1 Å². The van der Waals surface area contributed by atoms with Crippen LogP contribution in [0.5, 0.6) is 0 Å². The molecule has 0 unspecified atom stereocenters. The number of para-hydroxylation sites is 1. The van der Waals surface area contributed by atoms with Gasteiger partial charge in [0, 0.05) is 0 Å². The quantitative estimate of drug-likeness (QED) is 0.487. The molecule has 1 fully saturated rings. The van der Waals surface area contributed by atoms with Crippen molar-refractivity contribution in [3.63, 3.8) is 0 Å². The van der Waals surface area contributed by atoms with Crippen molar-refractivity contribution in [2.45, 2.75) is 71.2 Å². The van der Waals surface area contributed by atoms with Gasteiger partial charge in [-0.15, -0.1) is 0 Å². The predicted molar refractivity (Wildman–Crippen MR) is 138 cm³/mol. The first-order chi connectivity index (χ1) is 16.8. The summed E-state index contributed by atoms with van der Waals surface area (Å²) in [7, 11) is 0. The molecule has 0 saturated heterocycles. The van der Waals surface area contributed by atoms with E-state index in [-0.39, 0.29) is 22.9 Å². The molecule has 2 aliphatic rings. The summed E-state index contributed by atoms with van der Waals surface area (Å²) in [5.74, 6) is 0.839. The summed E-state index contributed by atoms with van der Waals surface area (Å²) in [4.78, 5) is 26.9. The van der Waals surface area contributed by atoms with Crippen LogP contribution in [-0.4, -0.2) is 20.0 Å². The number of fused-ring (bicyclic) bond motifs is 1. The van der Waals surface area contributed by atoms with E-state index in [4.69, 9.17) is 4.74 Å². The molecule has 6 nitrogen and oxygen atoms in total. The van der Waals surface area contributed by atoms with Gasteiger partial charge in [-0.3, -0.25) is 0 Å². The fraction of sp³-hybridized carbons (Fsp3) is 0.448. The third kappa shape index (κ3) is 4.14. The molecule has 0 radical (unpaired) electrons. The normalized spacial score (nSPS) is 24.6. The van der Waals surface area contributed by atoms with Crippen molar-refractivity contribution in [1.82, 2.24) is 13.9 Å². The molecule has 1 aliphatic heterocycles. The molecule has 1 aromatic heterocycles. The Bertz CT molecular complexity index is 1330. The van der Waals surface area contributed by atoms with E-state index in [2.05, 4.69) is 51.1 Å². The molecule has 0 amide bonds. The van der Waals surface area contributed by atoms with Gasteiger partial charge < -0.3 is 4.74 Å². The molecular formula is C29H35N3O3. The van der Waals surface area contributed by atoms with Crippen LogP contribution in [0, 0.1) is 11.8 Å². The first-order valence-electron chi connectivity index (χ1n) is 12.7. The number of ether oxygens (including phenoxy) is 1. The molecule has 4 atom stereocenters. The predicted octanol–water partition coefficient (Wildman–Crippen LogP) is 5.06. The fourth-order valence-corrected chi connectivity index (χ4v) is 5.93. The zero-order valence-corrected chi connectivity index (χ0v) is 21.1. The van der Waals surface area contributed by atoms with Crippen molar-refractivity contribution in [1.29, 1.82) is 0 Å². The highest BCUT2D eigenvalue weighted by Crippen LogP contribution is 2.45. The van der Waals surface area contributed by atoms with Crippen LogP contribution in [0.3, 0.4) is 0 Å². The Morgan fingerprint density at radius 1 is 0.914 bits per heavy atom. The maximum absolute atomic E-state index is 13.6. The van der Waals surface area contributed by atoms with Crippen molar-refractivity contribution >= 4 is 0 Å². The molecule has 184 valence electrons. The van der Waals surface area contributed by atoms with E-state index < -0.39 is 6.23 Å². The summed E-state index contributed by atoms with van der Waals surface area (Å²) in [5.41, 5.74) is 2.06. The lowest BCUT2D eigenvalue weighted by molar-refractivity contribution is -0.110. The highest BCUT2D eigenvalue weighted by Gasteiger charge is 2.42.